The summed E-state index contributed by atoms with van der Waals surface area (Å²) in [6.07, 6.45) is 0.334. The summed E-state index contributed by atoms with van der Waals surface area (Å²) >= 11 is 0. The van der Waals surface area contributed by atoms with Gasteiger partial charge in [-0.3, -0.25) is 4.79 Å². The maximum Gasteiger partial charge on any atom is 0.165 e. The van der Waals surface area contributed by atoms with E-state index in [-0.39, 0.29) is 12.2 Å². The van der Waals surface area contributed by atoms with E-state index in [1.807, 2.05) is 26.0 Å². The quantitative estimate of drug-likeness (QED) is 0.743. The molecule has 0 aromatic heterocycles. The van der Waals surface area contributed by atoms with Gasteiger partial charge in [-0.05, 0) is 13.3 Å². The summed E-state index contributed by atoms with van der Waals surface area (Å²) < 4.78 is 0. The van der Waals surface area contributed by atoms with Crippen LogP contribution in [-0.4, -0.2) is 17.0 Å². The molecule has 0 radical (unpaired) electrons. The minimum absolute atomic E-state index is 0.0133. The maximum absolute atomic E-state index is 11.6. The number of benzene rings is 1. The Kier molecular flexibility index (Phi) is 3.84. The van der Waals surface area contributed by atoms with Crippen LogP contribution in [0.2, 0.25) is 0 Å². The lowest BCUT2D eigenvalue weighted by Gasteiger charge is -2.06. The summed E-state index contributed by atoms with van der Waals surface area (Å²) in [7, 11) is 0. The number of hydrogen-bond acceptors (Lipinski definition) is 2. The molecular weight excluding hydrogens is 176 g/mol. The van der Waals surface area contributed by atoms with E-state index in [9.17, 15) is 9.90 Å². The van der Waals surface area contributed by atoms with E-state index in [1.54, 1.807) is 12.1 Å². The van der Waals surface area contributed by atoms with Gasteiger partial charge in [0.05, 0.1) is 6.10 Å². The van der Waals surface area contributed by atoms with Crippen LogP contribution in [-0.2, 0) is 0 Å². The monoisotopic (exact) mass is 192 g/mol. The molecule has 0 fully saturated rings. The predicted octanol–water partition coefficient (Wildman–Crippen LogP) is 2.34. The van der Waals surface area contributed by atoms with Gasteiger partial charge < -0.3 is 5.11 Å². The van der Waals surface area contributed by atoms with Crippen molar-refractivity contribution in [2.24, 2.45) is 0 Å². The number of carbonyl (C=O) groups excluding carboxylic acids is 1. The minimum Gasteiger partial charge on any atom is -0.393 e. The summed E-state index contributed by atoms with van der Waals surface area (Å²) in [5.74, 6) is 0.0133. The van der Waals surface area contributed by atoms with E-state index < -0.39 is 6.10 Å². The van der Waals surface area contributed by atoms with Crippen molar-refractivity contribution in [2.75, 3.05) is 0 Å². The van der Waals surface area contributed by atoms with Crippen LogP contribution in [0.5, 0.6) is 0 Å². The van der Waals surface area contributed by atoms with Gasteiger partial charge in [0.1, 0.15) is 0 Å². The van der Waals surface area contributed by atoms with Crippen LogP contribution < -0.4 is 0 Å². The van der Waals surface area contributed by atoms with Crippen molar-refractivity contribution >= 4 is 5.78 Å². The van der Waals surface area contributed by atoms with E-state index in [4.69, 9.17) is 0 Å². The van der Waals surface area contributed by atoms with Crippen LogP contribution in [0.15, 0.2) is 24.3 Å². The first kappa shape index (κ1) is 10.9. The lowest BCUT2D eigenvalue weighted by atomic mass is 10.0. The number of rotatable bonds is 4. The zero-order valence-electron chi connectivity index (χ0n) is 8.66. The van der Waals surface area contributed by atoms with Gasteiger partial charge in [-0.2, -0.15) is 0 Å². The van der Waals surface area contributed by atoms with Gasteiger partial charge in [0.15, 0.2) is 5.78 Å². The third-order valence-electron chi connectivity index (χ3n) is 2.27. The Hall–Kier alpha value is -1.15. The first-order chi connectivity index (χ1) is 6.63. The highest BCUT2D eigenvalue weighted by atomic mass is 16.3. The summed E-state index contributed by atoms with van der Waals surface area (Å²) in [6, 6.07) is 7.43. The van der Waals surface area contributed by atoms with E-state index in [2.05, 4.69) is 0 Å². The molecule has 1 aromatic carbocycles. The average Bonchev–Trinajstić information content (AvgIpc) is 2.18. The fraction of sp³-hybridized carbons (Fsp3) is 0.417. The second kappa shape index (κ2) is 4.91. The first-order valence-corrected chi connectivity index (χ1v) is 4.91. The average molecular weight is 192 g/mol. The molecule has 14 heavy (non-hydrogen) atoms. The molecule has 76 valence electrons. The number of aliphatic hydroxyl groups is 1. The fourth-order valence-corrected chi connectivity index (χ4v) is 1.22. The number of ketones is 1. The van der Waals surface area contributed by atoms with Gasteiger partial charge in [0, 0.05) is 12.0 Å². The number of aliphatic hydroxyl groups excluding tert-OH is 1. The predicted molar refractivity (Wildman–Crippen MR) is 56.4 cm³/mol. The molecule has 0 aliphatic carbocycles. The Bertz CT molecular complexity index is 301. The zero-order chi connectivity index (χ0) is 10.6. The molecule has 0 heterocycles. The summed E-state index contributed by atoms with van der Waals surface area (Å²) in [5.41, 5.74) is 1.82. The zero-order valence-corrected chi connectivity index (χ0v) is 8.66. The minimum atomic E-state index is -0.510. The van der Waals surface area contributed by atoms with Gasteiger partial charge in [-0.1, -0.05) is 36.8 Å². The smallest absolute Gasteiger partial charge is 0.165 e. The molecule has 0 aliphatic rings. The van der Waals surface area contributed by atoms with E-state index in [0.717, 1.165) is 5.56 Å². The van der Waals surface area contributed by atoms with Crippen molar-refractivity contribution in [3.05, 3.63) is 35.4 Å². The van der Waals surface area contributed by atoms with Crippen molar-refractivity contribution < 1.29 is 9.90 Å². The normalized spacial score (nSPS) is 12.5. The van der Waals surface area contributed by atoms with Crippen molar-refractivity contribution in [1.82, 2.24) is 0 Å². The van der Waals surface area contributed by atoms with Crippen molar-refractivity contribution in [3.8, 4) is 0 Å². The molecule has 1 rings (SSSR count). The SMILES string of the molecule is CCC(O)CC(=O)c1ccc(C)cc1. The Morgan fingerprint density at radius 3 is 2.43 bits per heavy atom. The number of carbonyl (C=O) groups is 1. The summed E-state index contributed by atoms with van der Waals surface area (Å²) in [4.78, 5) is 11.6. The lowest BCUT2D eigenvalue weighted by molar-refractivity contribution is 0.0875. The molecule has 1 N–H and O–H groups in total. The topological polar surface area (TPSA) is 37.3 Å². The Labute approximate surface area is 84.6 Å². The first-order valence-electron chi connectivity index (χ1n) is 4.91. The third-order valence-corrected chi connectivity index (χ3v) is 2.27. The Balaban J connectivity index is 2.65. The van der Waals surface area contributed by atoms with Crippen LogP contribution in [0.25, 0.3) is 0 Å². The fourth-order valence-electron chi connectivity index (χ4n) is 1.22. The van der Waals surface area contributed by atoms with Gasteiger partial charge >= 0.3 is 0 Å². The van der Waals surface area contributed by atoms with Crippen LogP contribution in [0.1, 0.15) is 35.7 Å². The molecule has 0 amide bonds. The molecule has 2 nitrogen and oxygen atoms in total. The van der Waals surface area contributed by atoms with Gasteiger partial charge in [-0.15, -0.1) is 0 Å². The Morgan fingerprint density at radius 1 is 1.36 bits per heavy atom. The van der Waals surface area contributed by atoms with Gasteiger partial charge in [-0.25, -0.2) is 0 Å². The third kappa shape index (κ3) is 2.96. The number of aryl methyl sites for hydroxylation is 1. The summed E-state index contributed by atoms with van der Waals surface area (Å²) in [6.45, 7) is 3.85. The van der Waals surface area contributed by atoms with Crippen molar-refractivity contribution in [3.63, 3.8) is 0 Å². The van der Waals surface area contributed by atoms with Crippen molar-refractivity contribution in [1.29, 1.82) is 0 Å². The molecule has 0 aliphatic heterocycles. The van der Waals surface area contributed by atoms with Crippen LogP contribution in [0, 0.1) is 6.92 Å². The van der Waals surface area contributed by atoms with Gasteiger partial charge in [0.25, 0.3) is 0 Å². The maximum atomic E-state index is 11.6. The van der Waals surface area contributed by atoms with Crippen LogP contribution in [0.3, 0.4) is 0 Å². The molecule has 1 aromatic rings. The second-order valence-electron chi connectivity index (χ2n) is 3.56. The van der Waals surface area contributed by atoms with E-state index in [1.165, 1.54) is 0 Å². The standard InChI is InChI=1S/C12H16O2/c1-3-11(13)8-12(14)10-6-4-9(2)5-7-10/h4-7,11,13H,3,8H2,1-2H3. The molecular formula is C12H16O2. The number of hydrogen-bond donors (Lipinski definition) is 1. The highest BCUT2D eigenvalue weighted by Crippen LogP contribution is 2.08. The van der Waals surface area contributed by atoms with Crippen LogP contribution in [0.4, 0.5) is 0 Å². The molecule has 0 spiro atoms. The molecule has 2 heteroatoms. The van der Waals surface area contributed by atoms with Crippen molar-refractivity contribution in [2.45, 2.75) is 32.8 Å². The van der Waals surface area contributed by atoms with Crippen LogP contribution >= 0.6 is 0 Å². The molecule has 0 saturated carbocycles. The number of Topliss-reactive ketones (excluding diaryl/α,β-unsaturated/α-hetero) is 1. The van der Waals surface area contributed by atoms with E-state index >= 15 is 0 Å². The lowest BCUT2D eigenvalue weighted by Crippen LogP contribution is -2.12. The molecule has 0 bridgehead atoms. The summed E-state index contributed by atoms with van der Waals surface area (Å²) in [5, 5.41) is 9.32. The largest absolute Gasteiger partial charge is 0.393 e. The van der Waals surface area contributed by atoms with Gasteiger partial charge in [0.2, 0.25) is 0 Å². The van der Waals surface area contributed by atoms with E-state index in [0.29, 0.717) is 12.0 Å². The highest BCUT2D eigenvalue weighted by molar-refractivity contribution is 5.96. The highest BCUT2D eigenvalue weighted by Gasteiger charge is 2.10. The molecule has 1 atom stereocenters. The molecule has 0 saturated heterocycles. The molecule has 1 unspecified atom stereocenters. The Morgan fingerprint density at radius 2 is 1.93 bits per heavy atom. The second-order valence-corrected chi connectivity index (χ2v) is 3.56.